The third-order valence-corrected chi connectivity index (χ3v) is 5.73. The van der Waals surface area contributed by atoms with Gasteiger partial charge in [0.2, 0.25) is 11.2 Å². The summed E-state index contributed by atoms with van der Waals surface area (Å²) >= 11 is 5.95. The molecule has 0 saturated carbocycles. The van der Waals surface area contributed by atoms with Crippen LogP contribution in [0.3, 0.4) is 0 Å². The molecule has 5 aromatic rings. The van der Waals surface area contributed by atoms with Gasteiger partial charge in [-0.3, -0.25) is 9.59 Å². The molecule has 4 aromatic carbocycles. The van der Waals surface area contributed by atoms with E-state index in [9.17, 15) is 9.59 Å². The first kappa shape index (κ1) is 22.5. The summed E-state index contributed by atoms with van der Waals surface area (Å²) in [6.45, 7) is 1.65. The standard InChI is InChI=1S/C28H20ClNO5/c1-17-12-20(29)7-11-24(17)30-27(31)16-33-21-9-10-23-25(14-21)34-15-26(28(23)32)35-22-8-6-18-4-2-3-5-19(18)13-22/h2-15H,16H2,1H3,(H,30,31). The van der Waals surface area contributed by atoms with Gasteiger partial charge in [0.25, 0.3) is 5.91 Å². The van der Waals surface area contributed by atoms with Crippen molar-refractivity contribution in [1.29, 1.82) is 0 Å². The second kappa shape index (κ2) is 9.52. The Bertz CT molecular complexity index is 1630. The van der Waals surface area contributed by atoms with Crippen molar-refractivity contribution in [3.05, 3.63) is 106 Å². The summed E-state index contributed by atoms with van der Waals surface area (Å²) in [6, 6.07) is 23.5. The Morgan fingerprint density at radius 2 is 1.74 bits per heavy atom. The largest absolute Gasteiger partial charge is 0.484 e. The normalized spacial score (nSPS) is 10.9. The van der Waals surface area contributed by atoms with Gasteiger partial charge in [-0.2, -0.15) is 0 Å². The number of carbonyl (C=O) groups excluding carboxylic acids is 1. The van der Waals surface area contributed by atoms with Crippen molar-refractivity contribution < 1.29 is 18.7 Å². The van der Waals surface area contributed by atoms with Crippen molar-refractivity contribution in [2.45, 2.75) is 6.92 Å². The van der Waals surface area contributed by atoms with E-state index in [1.807, 2.05) is 43.3 Å². The Kier molecular flexibility index (Phi) is 6.12. The van der Waals surface area contributed by atoms with Crippen LogP contribution < -0.4 is 20.2 Å². The van der Waals surface area contributed by atoms with E-state index < -0.39 is 0 Å². The second-order valence-electron chi connectivity index (χ2n) is 7.99. The van der Waals surface area contributed by atoms with E-state index in [1.54, 1.807) is 42.5 Å². The number of carbonyl (C=O) groups is 1. The molecule has 0 aliphatic rings. The maximum atomic E-state index is 12.9. The molecule has 35 heavy (non-hydrogen) atoms. The van der Waals surface area contributed by atoms with Gasteiger partial charge in [-0.25, -0.2) is 0 Å². The highest BCUT2D eigenvalue weighted by Crippen LogP contribution is 2.27. The highest BCUT2D eigenvalue weighted by atomic mass is 35.5. The molecule has 0 saturated heterocycles. The average Bonchev–Trinajstić information content (AvgIpc) is 2.86. The van der Waals surface area contributed by atoms with E-state index in [4.69, 9.17) is 25.5 Å². The molecular formula is C28H20ClNO5. The Morgan fingerprint density at radius 3 is 2.57 bits per heavy atom. The SMILES string of the molecule is Cc1cc(Cl)ccc1NC(=O)COc1ccc2c(=O)c(Oc3ccc4ccccc4c3)coc2c1. The molecule has 0 spiro atoms. The van der Waals surface area contributed by atoms with Crippen molar-refractivity contribution >= 4 is 44.9 Å². The maximum absolute atomic E-state index is 12.9. The Morgan fingerprint density at radius 1 is 0.943 bits per heavy atom. The summed E-state index contributed by atoms with van der Waals surface area (Å²) in [5.41, 5.74) is 1.53. The minimum atomic E-state index is -0.323. The Hall–Kier alpha value is -4.29. The van der Waals surface area contributed by atoms with Gasteiger partial charge in [0.05, 0.1) is 5.39 Å². The number of hydrogen-bond donors (Lipinski definition) is 1. The quantitative estimate of drug-likeness (QED) is 0.289. The van der Waals surface area contributed by atoms with Gasteiger partial charge in [0.15, 0.2) is 6.61 Å². The molecule has 0 atom stereocenters. The van der Waals surface area contributed by atoms with Crippen molar-refractivity contribution in [2.24, 2.45) is 0 Å². The summed E-state index contributed by atoms with van der Waals surface area (Å²) < 4.78 is 17.0. The van der Waals surface area contributed by atoms with E-state index in [2.05, 4.69) is 5.32 Å². The Balaban J connectivity index is 1.29. The predicted octanol–water partition coefficient (Wildman–Crippen LogP) is 6.72. The highest BCUT2D eigenvalue weighted by Gasteiger charge is 2.12. The summed E-state index contributed by atoms with van der Waals surface area (Å²) in [5, 5.41) is 5.81. The fraction of sp³-hybridized carbons (Fsp3) is 0.0714. The van der Waals surface area contributed by atoms with Crippen molar-refractivity contribution in [3.63, 3.8) is 0 Å². The van der Waals surface area contributed by atoms with Crippen LogP contribution >= 0.6 is 11.6 Å². The zero-order chi connectivity index (χ0) is 24.4. The minimum Gasteiger partial charge on any atom is -0.484 e. The van der Waals surface area contributed by atoms with Crippen LogP contribution in [0.4, 0.5) is 5.69 Å². The predicted molar refractivity (Wildman–Crippen MR) is 137 cm³/mol. The third-order valence-electron chi connectivity index (χ3n) is 5.50. The molecule has 7 heteroatoms. The van der Waals surface area contributed by atoms with Gasteiger partial charge in [0, 0.05) is 16.8 Å². The maximum Gasteiger partial charge on any atom is 0.262 e. The number of fused-ring (bicyclic) bond motifs is 2. The van der Waals surface area contributed by atoms with Gasteiger partial charge in [0.1, 0.15) is 23.3 Å². The van der Waals surface area contributed by atoms with Gasteiger partial charge in [-0.05, 0) is 65.7 Å². The number of benzene rings is 4. The smallest absolute Gasteiger partial charge is 0.262 e. The van der Waals surface area contributed by atoms with Crippen LogP contribution in [0.2, 0.25) is 5.02 Å². The fourth-order valence-corrected chi connectivity index (χ4v) is 3.94. The molecule has 0 radical (unpaired) electrons. The van der Waals surface area contributed by atoms with Crippen LogP contribution in [0, 0.1) is 6.92 Å². The monoisotopic (exact) mass is 485 g/mol. The zero-order valence-corrected chi connectivity index (χ0v) is 19.5. The van der Waals surface area contributed by atoms with Crippen molar-refractivity contribution in [3.8, 4) is 17.2 Å². The number of nitrogens with one attached hydrogen (secondary N) is 1. The molecule has 1 N–H and O–H groups in total. The molecule has 0 unspecified atom stereocenters. The van der Waals surface area contributed by atoms with Crippen LogP contribution in [-0.4, -0.2) is 12.5 Å². The first-order valence-electron chi connectivity index (χ1n) is 10.9. The lowest BCUT2D eigenvalue weighted by molar-refractivity contribution is -0.118. The molecule has 0 aliphatic heterocycles. The number of anilines is 1. The topological polar surface area (TPSA) is 77.8 Å². The van der Waals surface area contributed by atoms with E-state index in [0.29, 0.717) is 33.2 Å². The summed E-state index contributed by atoms with van der Waals surface area (Å²) in [5.74, 6) is 0.694. The molecule has 0 aliphatic carbocycles. The highest BCUT2D eigenvalue weighted by molar-refractivity contribution is 6.30. The van der Waals surface area contributed by atoms with Gasteiger partial charge < -0.3 is 19.2 Å². The molecule has 1 aromatic heterocycles. The van der Waals surface area contributed by atoms with Crippen molar-refractivity contribution in [1.82, 2.24) is 0 Å². The van der Waals surface area contributed by atoms with Crippen LogP contribution in [0.15, 0.2) is 94.3 Å². The molecule has 1 amide bonds. The molecular weight excluding hydrogens is 466 g/mol. The van der Waals surface area contributed by atoms with Crippen LogP contribution in [0.5, 0.6) is 17.2 Å². The zero-order valence-electron chi connectivity index (χ0n) is 18.7. The lowest BCUT2D eigenvalue weighted by Gasteiger charge is -2.10. The fourth-order valence-electron chi connectivity index (χ4n) is 3.71. The number of aryl methyl sites for hydroxylation is 1. The van der Waals surface area contributed by atoms with Gasteiger partial charge in [-0.15, -0.1) is 0 Å². The van der Waals surface area contributed by atoms with E-state index in [1.165, 1.54) is 6.26 Å². The van der Waals surface area contributed by atoms with Crippen LogP contribution in [0.25, 0.3) is 21.7 Å². The minimum absolute atomic E-state index is 0.0826. The molecule has 0 fully saturated rings. The van der Waals surface area contributed by atoms with Crippen molar-refractivity contribution in [2.75, 3.05) is 11.9 Å². The average molecular weight is 486 g/mol. The molecule has 6 nitrogen and oxygen atoms in total. The number of hydrogen-bond acceptors (Lipinski definition) is 5. The Labute approximate surface area is 205 Å². The van der Waals surface area contributed by atoms with E-state index in [-0.39, 0.29) is 23.7 Å². The third kappa shape index (κ3) is 4.98. The lowest BCUT2D eigenvalue weighted by atomic mass is 10.1. The van der Waals surface area contributed by atoms with Gasteiger partial charge >= 0.3 is 0 Å². The summed E-state index contributed by atoms with van der Waals surface area (Å²) in [7, 11) is 0. The number of rotatable bonds is 6. The number of halogens is 1. The molecule has 5 rings (SSSR count). The van der Waals surface area contributed by atoms with Crippen LogP contribution in [-0.2, 0) is 4.79 Å². The first-order valence-corrected chi connectivity index (χ1v) is 11.2. The molecule has 0 bridgehead atoms. The number of ether oxygens (including phenoxy) is 2. The lowest BCUT2D eigenvalue weighted by Crippen LogP contribution is -2.20. The summed E-state index contributed by atoms with van der Waals surface area (Å²) in [6.07, 6.45) is 1.28. The van der Waals surface area contributed by atoms with E-state index >= 15 is 0 Å². The molecule has 1 heterocycles. The summed E-state index contributed by atoms with van der Waals surface area (Å²) in [4.78, 5) is 25.2. The molecule has 174 valence electrons. The van der Waals surface area contributed by atoms with Gasteiger partial charge in [-0.1, -0.05) is 41.9 Å². The first-order chi connectivity index (χ1) is 17.0. The second-order valence-corrected chi connectivity index (χ2v) is 8.43. The number of amides is 1. The van der Waals surface area contributed by atoms with Crippen LogP contribution in [0.1, 0.15) is 5.56 Å². The van der Waals surface area contributed by atoms with E-state index in [0.717, 1.165) is 16.3 Å².